The van der Waals surface area contributed by atoms with E-state index in [2.05, 4.69) is 0 Å². The molecule has 3 rings (SSSR count). The highest BCUT2D eigenvalue weighted by atomic mass is 32.2. The molecule has 30 heavy (non-hydrogen) atoms. The fraction of sp³-hybridized carbons (Fsp3) is 0.500. The van der Waals surface area contributed by atoms with Crippen molar-refractivity contribution in [1.29, 1.82) is 0 Å². The Balaban J connectivity index is 1.67. The van der Waals surface area contributed by atoms with Crippen molar-refractivity contribution in [3.05, 3.63) is 40.3 Å². The zero-order valence-electron chi connectivity index (χ0n) is 17.4. The van der Waals surface area contributed by atoms with E-state index in [1.807, 2.05) is 17.5 Å². The van der Waals surface area contributed by atoms with Gasteiger partial charge in [-0.2, -0.15) is 4.31 Å². The van der Waals surface area contributed by atoms with Crippen molar-refractivity contribution in [2.75, 3.05) is 26.2 Å². The van der Waals surface area contributed by atoms with Gasteiger partial charge in [-0.15, -0.1) is 11.3 Å². The number of hydrogen-bond donors (Lipinski definition) is 0. The molecule has 0 spiro atoms. The molecule has 1 unspecified atom stereocenters. The number of nitrogens with zero attached hydrogens (tertiary/aromatic N) is 3. The molecule has 1 aliphatic heterocycles. The summed E-state index contributed by atoms with van der Waals surface area (Å²) in [6.45, 7) is 4.45. The molecule has 1 aliphatic rings. The van der Waals surface area contributed by atoms with Crippen LogP contribution >= 0.6 is 11.3 Å². The molecule has 0 radical (unpaired) electrons. The Morgan fingerprint density at radius 3 is 2.67 bits per heavy atom. The van der Waals surface area contributed by atoms with E-state index in [9.17, 15) is 18.0 Å². The summed E-state index contributed by atoms with van der Waals surface area (Å²) >= 11 is 1.61. The summed E-state index contributed by atoms with van der Waals surface area (Å²) in [6, 6.07) is 5.29. The van der Waals surface area contributed by atoms with Crippen LogP contribution in [-0.2, 0) is 26.6 Å². The van der Waals surface area contributed by atoms with Crippen LogP contribution in [0.15, 0.2) is 34.7 Å². The average molecular weight is 454 g/mol. The third kappa shape index (κ3) is 4.45. The number of likely N-dealkylation sites (tertiary alicyclic amines) is 1. The fourth-order valence-electron chi connectivity index (χ4n) is 3.72. The van der Waals surface area contributed by atoms with Crippen LogP contribution < -0.4 is 0 Å². The molecule has 1 fully saturated rings. The largest absolute Gasteiger partial charge is 0.451 e. The maximum atomic E-state index is 12.7. The molecule has 0 aliphatic carbocycles. The molecule has 0 saturated carbocycles. The van der Waals surface area contributed by atoms with Gasteiger partial charge in [-0.1, -0.05) is 19.9 Å². The molecule has 1 saturated heterocycles. The van der Waals surface area contributed by atoms with Crippen molar-refractivity contribution >= 4 is 33.2 Å². The topological polar surface area (TPSA) is 88.9 Å². The molecule has 1 atom stereocenters. The Morgan fingerprint density at radius 2 is 2.03 bits per heavy atom. The van der Waals surface area contributed by atoms with E-state index in [1.165, 1.54) is 21.1 Å². The quantitative estimate of drug-likeness (QED) is 0.574. The van der Waals surface area contributed by atoms with E-state index in [-0.39, 0.29) is 29.1 Å². The van der Waals surface area contributed by atoms with Gasteiger partial charge in [0, 0.05) is 37.8 Å². The van der Waals surface area contributed by atoms with E-state index in [1.54, 1.807) is 37.1 Å². The summed E-state index contributed by atoms with van der Waals surface area (Å²) < 4.78 is 33.3. The van der Waals surface area contributed by atoms with Crippen LogP contribution in [0.5, 0.6) is 0 Å². The lowest BCUT2D eigenvalue weighted by Gasteiger charge is -2.23. The molecule has 0 N–H and O–H groups in total. The van der Waals surface area contributed by atoms with Crippen LogP contribution in [-0.4, -0.2) is 60.3 Å². The van der Waals surface area contributed by atoms with E-state index < -0.39 is 16.0 Å². The van der Waals surface area contributed by atoms with E-state index >= 15 is 0 Å². The van der Waals surface area contributed by atoms with Crippen molar-refractivity contribution in [3.63, 3.8) is 0 Å². The lowest BCUT2D eigenvalue weighted by Crippen LogP contribution is -2.34. The Bertz CT molecular complexity index is 994. The second-order valence-corrected chi connectivity index (χ2v) is 10.0. The van der Waals surface area contributed by atoms with Crippen LogP contribution in [0.3, 0.4) is 0 Å². The van der Waals surface area contributed by atoms with Crippen molar-refractivity contribution in [2.24, 2.45) is 7.05 Å². The van der Waals surface area contributed by atoms with Gasteiger partial charge in [0.2, 0.25) is 10.0 Å². The Kier molecular flexibility index (Phi) is 6.99. The molecule has 3 heterocycles. The smallest absolute Gasteiger partial charge is 0.355 e. The van der Waals surface area contributed by atoms with E-state index in [0.29, 0.717) is 19.6 Å². The molecular weight excluding hydrogens is 426 g/mol. The summed E-state index contributed by atoms with van der Waals surface area (Å²) in [5.41, 5.74) is 0.0877. The number of esters is 1. The first-order valence-electron chi connectivity index (χ1n) is 9.96. The van der Waals surface area contributed by atoms with Crippen molar-refractivity contribution < 1.29 is 22.7 Å². The van der Waals surface area contributed by atoms with Crippen molar-refractivity contribution in [3.8, 4) is 0 Å². The first kappa shape index (κ1) is 22.5. The molecule has 8 nitrogen and oxygen atoms in total. The zero-order valence-corrected chi connectivity index (χ0v) is 19.0. The molecule has 10 heteroatoms. The van der Waals surface area contributed by atoms with Crippen molar-refractivity contribution in [1.82, 2.24) is 13.8 Å². The second kappa shape index (κ2) is 9.32. The summed E-state index contributed by atoms with van der Waals surface area (Å²) in [7, 11) is -2.11. The lowest BCUT2D eigenvalue weighted by molar-refractivity contribution is -0.135. The molecule has 2 aromatic heterocycles. The number of rotatable bonds is 8. The standard InChI is InChI=1S/C20H27N3O5S2/c1-4-22(5-2)30(26,27)15-12-17(21(3)13-15)20(25)28-14-19(24)23-10-6-8-16(23)18-9-7-11-29-18/h7,9,11-13,16H,4-6,8,10,14H2,1-3H3. The number of amides is 1. The minimum atomic E-state index is -3.68. The summed E-state index contributed by atoms with van der Waals surface area (Å²) in [5, 5.41) is 1.98. The molecule has 0 aromatic carbocycles. The van der Waals surface area contributed by atoms with E-state index in [0.717, 1.165) is 17.7 Å². The van der Waals surface area contributed by atoms with Gasteiger partial charge in [0.25, 0.3) is 5.91 Å². The minimum absolute atomic E-state index is 0.0251. The molecular formula is C20H27N3O5S2. The molecule has 2 aromatic rings. The number of ether oxygens (including phenoxy) is 1. The highest BCUT2D eigenvalue weighted by Gasteiger charge is 2.31. The molecule has 164 valence electrons. The monoisotopic (exact) mass is 453 g/mol. The lowest BCUT2D eigenvalue weighted by atomic mass is 10.2. The molecule has 0 bridgehead atoms. The van der Waals surface area contributed by atoms with Crippen LogP contribution in [0.25, 0.3) is 0 Å². The maximum Gasteiger partial charge on any atom is 0.355 e. The third-order valence-electron chi connectivity index (χ3n) is 5.30. The van der Waals surface area contributed by atoms with Gasteiger partial charge in [-0.3, -0.25) is 4.79 Å². The van der Waals surface area contributed by atoms with Gasteiger partial charge in [0.1, 0.15) is 10.6 Å². The number of carbonyl (C=O) groups is 2. The van der Waals surface area contributed by atoms with Crippen LogP contribution in [0.1, 0.15) is 48.1 Å². The van der Waals surface area contributed by atoms with Gasteiger partial charge < -0.3 is 14.2 Å². The number of sulfonamides is 1. The van der Waals surface area contributed by atoms with Crippen LogP contribution in [0.2, 0.25) is 0 Å². The van der Waals surface area contributed by atoms with Crippen molar-refractivity contribution in [2.45, 2.75) is 37.6 Å². The van der Waals surface area contributed by atoms with Gasteiger partial charge >= 0.3 is 5.97 Å². The number of carbonyl (C=O) groups excluding carboxylic acids is 2. The normalized spacial score (nSPS) is 16.9. The maximum absolute atomic E-state index is 12.7. The number of aryl methyl sites for hydroxylation is 1. The predicted octanol–water partition coefficient (Wildman–Crippen LogP) is 2.64. The van der Waals surface area contributed by atoms with E-state index in [4.69, 9.17) is 4.74 Å². The highest BCUT2D eigenvalue weighted by molar-refractivity contribution is 7.89. The Labute approximate surface area is 181 Å². The SMILES string of the molecule is CCN(CC)S(=O)(=O)c1cc(C(=O)OCC(=O)N2CCCC2c2cccs2)n(C)c1. The molecule has 1 amide bonds. The third-order valence-corrected chi connectivity index (χ3v) is 8.29. The van der Waals surface area contributed by atoms with Gasteiger partial charge in [-0.25, -0.2) is 13.2 Å². The second-order valence-electron chi connectivity index (χ2n) is 7.10. The summed E-state index contributed by atoms with van der Waals surface area (Å²) in [6.07, 6.45) is 3.19. The van der Waals surface area contributed by atoms with Gasteiger partial charge in [0.15, 0.2) is 6.61 Å². The van der Waals surface area contributed by atoms with Crippen LogP contribution in [0.4, 0.5) is 0 Å². The fourth-order valence-corrected chi connectivity index (χ4v) is 6.12. The van der Waals surface area contributed by atoms with Gasteiger partial charge in [-0.05, 0) is 30.4 Å². The first-order valence-corrected chi connectivity index (χ1v) is 12.3. The van der Waals surface area contributed by atoms with Crippen LogP contribution in [0, 0.1) is 0 Å². The number of aromatic nitrogens is 1. The summed E-state index contributed by atoms with van der Waals surface area (Å²) in [5.74, 6) is -0.969. The highest BCUT2D eigenvalue weighted by Crippen LogP contribution is 2.34. The summed E-state index contributed by atoms with van der Waals surface area (Å²) in [4.78, 5) is 28.1. The Morgan fingerprint density at radius 1 is 1.30 bits per heavy atom. The number of hydrogen-bond acceptors (Lipinski definition) is 6. The average Bonchev–Trinajstić information content (AvgIpc) is 3.46. The zero-order chi connectivity index (χ0) is 21.9. The minimum Gasteiger partial charge on any atom is -0.451 e. The Hall–Kier alpha value is -2.17. The van der Waals surface area contributed by atoms with Gasteiger partial charge in [0.05, 0.1) is 6.04 Å². The predicted molar refractivity (Wildman–Crippen MR) is 114 cm³/mol. The number of thiophene rings is 1. The first-order chi connectivity index (χ1) is 14.3.